The first-order valence-electron chi connectivity index (χ1n) is 6.13. The van der Waals surface area contributed by atoms with Gasteiger partial charge in [0.05, 0.1) is 18.7 Å². The lowest BCUT2D eigenvalue weighted by Crippen LogP contribution is -2.47. The average Bonchev–Trinajstić information content (AvgIpc) is 2.46. The van der Waals surface area contributed by atoms with Crippen molar-refractivity contribution in [2.45, 2.75) is 12.6 Å². The Bertz CT molecular complexity index is 448. The van der Waals surface area contributed by atoms with Gasteiger partial charge in [0.1, 0.15) is 11.9 Å². The number of hydrogen-bond donors (Lipinski definition) is 2. The maximum Gasteiger partial charge on any atom is 0.250 e. The van der Waals surface area contributed by atoms with Crippen LogP contribution in [-0.4, -0.2) is 38.8 Å². The lowest BCUT2D eigenvalue weighted by molar-refractivity contribution is -0.134. The minimum atomic E-state index is -0.414. The molecule has 0 aliphatic carbocycles. The number of carbonyl (C=O) groups is 1. The minimum Gasteiger partial charge on any atom is -0.495 e. The Balaban J connectivity index is 1.87. The summed E-state index contributed by atoms with van der Waals surface area (Å²) in [5, 5.41) is 6.48. The van der Waals surface area contributed by atoms with E-state index in [1.165, 1.54) is 0 Å². The Morgan fingerprint density at radius 3 is 3.11 bits per heavy atom. The third-order valence-corrected chi connectivity index (χ3v) is 3.20. The molecule has 1 aromatic rings. The molecule has 0 spiro atoms. The third-order valence-electron chi connectivity index (χ3n) is 2.90. The molecule has 5 nitrogen and oxygen atoms in total. The number of rotatable bonds is 4. The van der Waals surface area contributed by atoms with Crippen LogP contribution in [0.25, 0.3) is 0 Å². The number of hydrogen-bond acceptors (Lipinski definition) is 4. The highest BCUT2D eigenvalue weighted by molar-refractivity contribution is 6.32. The van der Waals surface area contributed by atoms with Gasteiger partial charge in [0.2, 0.25) is 0 Å². The molecular formula is C13H17ClN2O3. The van der Waals surface area contributed by atoms with Gasteiger partial charge in [-0.3, -0.25) is 4.79 Å². The highest BCUT2D eigenvalue weighted by atomic mass is 35.5. The summed E-state index contributed by atoms with van der Waals surface area (Å²) in [7, 11) is 1.57. The Labute approximate surface area is 117 Å². The molecule has 1 atom stereocenters. The fraction of sp³-hybridized carbons (Fsp3) is 0.462. The zero-order valence-electron chi connectivity index (χ0n) is 10.7. The van der Waals surface area contributed by atoms with E-state index in [2.05, 4.69) is 10.6 Å². The van der Waals surface area contributed by atoms with Crippen LogP contribution in [0.5, 0.6) is 5.75 Å². The monoisotopic (exact) mass is 284 g/mol. The van der Waals surface area contributed by atoms with Crippen molar-refractivity contribution in [3.8, 4) is 5.75 Å². The number of methoxy groups -OCH3 is 1. The molecule has 0 bridgehead atoms. The fourth-order valence-electron chi connectivity index (χ4n) is 1.86. The van der Waals surface area contributed by atoms with Crippen LogP contribution >= 0.6 is 11.6 Å². The van der Waals surface area contributed by atoms with Gasteiger partial charge >= 0.3 is 0 Å². The summed E-state index contributed by atoms with van der Waals surface area (Å²) in [4.78, 5) is 11.8. The van der Waals surface area contributed by atoms with E-state index in [-0.39, 0.29) is 5.91 Å². The minimum absolute atomic E-state index is 0.112. The van der Waals surface area contributed by atoms with Gasteiger partial charge in [-0.05, 0) is 17.7 Å². The lowest BCUT2D eigenvalue weighted by Gasteiger charge is -2.22. The molecule has 1 heterocycles. The van der Waals surface area contributed by atoms with E-state index in [1.807, 2.05) is 6.07 Å². The summed E-state index contributed by atoms with van der Waals surface area (Å²) in [6.45, 7) is 2.32. The maximum atomic E-state index is 11.8. The highest BCUT2D eigenvalue weighted by Crippen LogP contribution is 2.24. The second-order valence-corrected chi connectivity index (χ2v) is 4.66. The largest absolute Gasteiger partial charge is 0.495 e. The van der Waals surface area contributed by atoms with Crippen LogP contribution in [0.3, 0.4) is 0 Å². The molecule has 2 N–H and O–H groups in total. The number of nitrogens with one attached hydrogen (secondary N) is 2. The van der Waals surface area contributed by atoms with Gasteiger partial charge in [-0.15, -0.1) is 0 Å². The molecule has 1 amide bonds. The summed E-state index contributed by atoms with van der Waals surface area (Å²) >= 11 is 6.02. The molecule has 1 aliphatic heterocycles. The summed E-state index contributed by atoms with van der Waals surface area (Å²) in [6.07, 6.45) is -0.414. The Morgan fingerprint density at radius 2 is 2.47 bits per heavy atom. The van der Waals surface area contributed by atoms with E-state index in [4.69, 9.17) is 21.1 Å². The van der Waals surface area contributed by atoms with Gasteiger partial charge < -0.3 is 20.1 Å². The molecule has 0 radical (unpaired) electrons. The van der Waals surface area contributed by atoms with Crippen LogP contribution in [0.2, 0.25) is 5.02 Å². The van der Waals surface area contributed by atoms with Crippen molar-refractivity contribution in [1.29, 1.82) is 0 Å². The number of amides is 1. The smallest absolute Gasteiger partial charge is 0.250 e. The van der Waals surface area contributed by atoms with Crippen molar-refractivity contribution in [3.05, 3.63) is 28.8 Å². The summed E-state index contributed by atoms with van der Waals surface area (Å²) in [5.74, 6) is 0.510. The van der Waals surface area contributed by atoms with E-state index in [0.29, 0.717) is 30.5 Å². The van der Waals surface area contributed by atoms with Crippen LogP contribution < -0.4 is 15.4 Å². The van der Waals surface area contributed by atoms with Gasteiger partial charge in [-0.1, -0.05) is 17.7 Å². The van der Waals surface area contributed by atoms with E-state index in [0.717, 1.165) is 12.1 Å². The quantitative estimate of drug-likeness (QED) is 0.864. The van der Waals surface area contributed by atoms with Crippen LogP contribution in [0.15, 0.2) is 18.2 Å². The van der Waals surface area contributed by atoms with Crippen LogP contribution in [-0.2, 0) is 16.1 Å². The summed E-state index contributed by atoms with van der Waals surface area (Å²) < 4.78 is 10.4. The Kier molecular flexibility index (Phi) is 5.01. The molecule has 1 unspecified atom stereocenters. The lowest BCUT2D eigenvalue weighted by atomic mass is 10.2. The van der Waals surface area contributed by atoms with E-state index in [1.54, 1.807) is 19.2 Å². The topological polar surface area (TPSA) is 59.6 Å². The first kappa shape index (κ1) is 14.1. The number of halogens is 1. The number of ether oxygens (including phenoxy) is 2. The van der Waals surface area contributed by atoms with Crippen LogP contribution in [0.4, 0.5) is 0 Å². The number of morpholine rings is 1. The van der Waals surface area contributed by atoms with Gasteiger partial charge in [0, 0.05) is 19.6 Å². The summed E-state index contributed by atoms with van der Waals surface area (Å²) in [6, 6.07) is 5.42. The molecule has 0 saturated carbocycles. The third kappa shape index (κ3) is 3.83. The van der Waals surface area contributed by atoms with Crippen molar-refractivity contribution in [3.63, 3.8) is 0 Å². The van der Waals surface area contributed by atoms with Gasteiger partial charge in [0.25, 0.3) is 5.91 Å². The number of carbonyl (C=O) groups excluding carboxylic acids is 1. The molecular weight excluding hydrogens is 268 g/mol. The second kappa shape index (κ2) is 6.75. The fourth-order valence-corrected chi connectivity index (χ4v) is 2.14. The van der Waals surface area contributed by atoms with Crippen LogP contribution in [0, 0.1) is 0 Å². The molecule has 6 heteroatoms. The van der Waals surface area contributed by atoms with Gasteiger partial charge in [-0.25, -0.2) is 0 Å². The first-order chi connectivity index (χ1) is 9.20. The SMILES string of the molecule is COc1ccc(CNC(=O)C2CNCCO2)cc1Cl. The molecule has 1 saturated heterocycles. The van der Waals surface area contributed by atoms with Gasteiger partial charge in [-0.2, -0.15) is 0 Å². The Morgan fingerprint density at radius 1 is 1.63 bits per heavy atom. The van der Waals surface area contributed by atoms with Crippen molar-refractivity contribution in [2.75, 3.05) is 26.8 Å². The van der Waals surface area contributed by atoms with Crippen LogP contribution in [0.1, 0.15) is 5.56 Å². The summed E-state index contributed by atoms with van der Waals surface area (Å²) in [5.41, 5.74) is 0.919. The zero-order chi connectivity index (χ0) is 13.7. The molecule has 19 heavy (non-hydrogen) atoms. The van der Waals surface area contributed by atoms with Crippen molar-refractivity contribution in [1.82, 2.24) is 10.6 Å². The normalized spacial score (nSPS) is 18.9. The molecule has 2 rings (SSSR count). The molecule has 104 valence electrons. The number of benzene rings is 1. The van der Waals surface area contributed by atoms with Crippen molar-refractivity contribution >= 4 is 17.5 Å². The van der Waals surface area contributed by atoms with Crippen molar-refractivity contribution < 1.29 is 14.3 Å². The van der Waals surface area contributed by atoms with E-state index >= 15 is 0 Å². The molecule has 1 fully saturated rings. The second-order valence-electron chi connectivity index (χ2n) is 4.25. The average molecular weight is 285 g/mol. The molecule has 1 aromatic carbocycles. The predicted molar refractivity (Wildman–Crippen MR) is 72.5 cm³/mol. The highest BCUT2D eigenvalue weighted by Gasteiger charge is 2.21. The predicted octanol–water partition coefficient (Wildman–Crippen LogP) is 0.953. The van der Waals surface area contributed by atoms with E-state index in [9.17, 15) is 4.79 Å². The Hall–Kier alpha value is -1.30. The molecule has 1 aliphatic rings. The van der Waals surface area contributed by atoms with Gasteiger partial charge in [0.15, 0.2) is 0 Å². The zero-order valence-corrected chi connectivity index (χ0v) is 11.5. The van der Waals surface area contributed by atoms with Crippen molar-refractivity contribution in [2.24, 2.45) is 0 Å². The standard InChI is InChI=1S/C13H17ClN2O3/c1-18-11-3-2-9(6-10(11)14)7-16-13(17)12-8-15-4-5-19-12/h2-3,6,12,15H,4-5,7-8H2,1H3,(H,16,17). The maximum absolute atomic E-state index is 11.8. The van der Waals surface area contributed by atoms with E-state index < -0.39 is 6.10 Å². The molecule has 0 aromatic heterocycles. The first-order valence-corrected chi connectivity index (χ1v) is 6.51.